The molecule has 1 aromatic rings. The molecule has 2 nitrogen and oxygen atoms in total. The van der Waals surface area contributed by atoms with Gasteiger partial charge in [0.15, 0.2) is 0 Å². The number of morpholine rings is 1. The maximum Gasteiger partial charge on any atom is 0.0642 e. The Kier molecular flexibility index (Phi) is 2.89. The van der Waals surface area contributed by atoms with E-state index in [0.717, 1.165) is 39.1 Å². The van der Waals surface area contributed by atoms with Crippen LogP contribution >= 0.6 is 0 Å². The lowest BCUT2D eigenvalue weighted by atomic mass is 10.1. The molecule has 0 radical (unpaired) electrons. The van der Waals surface area contributed by atoms with Crippen molar-refractivity contribution in [1.29, 1.82) is 0 Å². The second-order valence-corrected chi connectivity index (χ2v) is 4.74. The summed E-state index contributed by atoms with van der Waals surface area (Å²) in [4.78, 5) is 2.51. The van der Waals surface area contributed by atoms with E-state index in [9.17, 15) is 0 Å². The van der Waals surface area contributed by atoms with Crippen LogP contribution in [0.3, 0.4) is 0 Å². The molecule has 0 N–H and O–H groups in total. The summed E-state index contributed by atoms with van der Waals surface area (Å²) in [5, 5.41) is 0. The number of allylic oxidation sites excluding steroid dienone is 1. The number of fused-ring (bicyclic) bond motifs is 1. The molecule has 0 unspecified atom stereocenters. The quantitative estimate of drug-likeness (QED) is 0.773. The van der Waals surface area contributed by atoms with Crippen molar-refractivity contribution in [3.8, 4) is 0 Å². The Labute approximate surface area is 103 Å². The highest BCUT2D eigenvalue weighted by molar-refractivity contribution is 5.75. The topological polar surface area (TPSA) is 12.5 Å². The number of nitrogens with zero attached hydrogens (tertiary/aromatic N) is 1. The van der Waals surface area contributed by atoms with Gasteiger partial charge in [0.05, 0.1) is 13.2 Å². The predicted molar refractivity (Wildman–Crippen MR) is 69.7 cm³/mol. The number of ether oxygens (including phenoxy) is 1. The minimum absolute atomic E-state index is 0.864. The molecule has 17 heavy (non-hydrogen) atoms. The van der Waals surface area contributed by atoms with Gasteiger partial charge in [-0.25, -0.2) is 0 Å². The van der Waals surface area contributed by atoms with E-state index in [4.69, 9.17) is 4.74 Å². The largest absolute Gasteiger partial charge is 0.378 e. The van der Waals surface area contributed by atoms with Crippen LogP contribution in [0.2, 0.25) is 0 Å². The lowest BCUT2D eigenvalue weighted by Crippen LogP contribution is -2.35. The fraction of sp³-hybridized carbons (Fsp3) is 0.467. The van der Waals surface area contributed by atoms with Crippen molar-refractivity contribution >= 4 is 5.70 Å². The smallest absolute Gasteiger partial charge is 0.0642 e. The zero-order valence-corrected chi connectivity index (χ0v) is 10.4. The summed E-state index contributed by atoms with van der Waals surface area (Å²) in [5.41, 5.74) is 6.02. The van der Waals surface area contributed by atoms with E-state index < -0.39 is 0 Å². The maximum absolute atomic E-state index is 5.45. The fourth-order valence-corrected chi connectivity index (χ4v) is 2.88. The van der Waals surface area contributed by atoms with Gasteiger partial charge >= 0.3 is 0 Å². The third-order valence-electron chi connectivity index (χ3n) is 3.77. The third-order valence-corrected chi connectivity index (χ3v) is 3.77. The number of benzene rings is 1. The SMILES string of the molecule is CCC1=C(N2CCOCC2)c2ccccc2C1. The average Bonchev–Trinajstić information content (AvgIpc) is 2.78. The van der Waals surface area contributed by atoms with Gasteiger partial charge in [-0.05, 0) is 24.0 Å². The van der Waals surface area contributed by atoms with Gasteiger partial charge in [0.1, 0.15) is 0 Å². The molecule has 1 aliphatic heterocycles. The monoisotopic (exact) mass is 229 g/mol. The van der Waals surface area contributed by atoms with Crippen molar-refractivity contribution < 1.29 is 4.74 Å². The predicted octanol–water partition coefficient (Wildman–Crippen LogP) is 2.70. The van der Waals surface area contributed by atoms with Crippen LogP contribution in [0.25, 0.3) is 5.70 Å². The Morgan fingerprint density at radius 3 is 2.71 bits per heavy atom. The molecule has 1 aromatic carbocycles. The Balaban J connectivity index is 1.98. The van der Waals surface area contributed by atoms with Crippen molar-refractivity contribution in [2.45, 2.75) is 19.8 Å². The average molecular weight is 229 g/mol. The van der Waals surface area contributed by atoms with Crippen LogP contribution in [-0.4, -0.2) is 31.2 Å². The van der Waals surface area contributed by atoms with Gasteiger partial charge < -0.3 is 9.64 Å². The molecule has 0 amide bonds. The first-order valence-corrected chi connectivity index (χ1v) is 6.53. The Bertz CT molecular complexity index is 444. The fourth-order valence-electron chi connectivity index (χ4n) is 2.88. The van der Waals surface area contributed by atoms with Crippen molar-refractivity contribution in [3.63, 3.8) is 0 Å². The van der Waals surface area contributed by atoms with Gasteiger partial charge in [-0.15, -0.1) is 0 Å². The van der Waals surface area contributed by atoms with Crippen LogP contribution < -0.4 is 0 Å². The summed E-state index contributed by atoms with van der Waals surface area (Å²) in [6, 6.07) is 8.83. The minimum atomic E-state index is 0.864. The number of hydrogen-bond donors (Lipinski definition) is 0. The highest BCUT2D eigenvalue weighted by Gasteiger charge is 2.25. The first-order valence-electron chi connectivity index (χ1n) is 6.53. The summed E-state index contributed by atoms with van der Waals surface area (Å²) < 4.78 is 5.45. The molecule has 0 spiro atoms. The van der Waals surface area contributed by atoms with Gasteiger partial charge in [-0.2, -0.15) is 0 Å². The van der Waals surface area contributed by atoms with E-state index >= 15 is 0 Å². The lowest BCUT2D eigenvalue weighted by Gasteiger charge is -2.31. The van der Waals surface area contributed by atoms with Gasteiger partial charge in [0, 0.05) is 24.4 Å². The molecule has 2 aliphatic rings. The second kappa shape index (κ2) is 4.53. The minimum Gasteiger partial charge on any atom is -0.378 e. The van der Waals surface area contributed by atoms with Crippen molar-refractivity contribution in [3.05, 3.63) is 41.0 Å². The van der Waals surface area contributed by atoms with Crippen LogP contribution in [0, 0.1) is 0 Å². The maximum atomic E-state index is 5.45. The number of hydrogen-bond acceptors (Lipinski definition) is 2. The molecule has 1 saturated heterocycles. The molecule has 1 fully saturated rings. The molecule has 1 heterocycles. The molecule has 3 rings (SSSR count). The summed E-state index contributed by atoms with van der Waals surface area (Å²) in [6.07, 6.45) is 2.29. The van der Waals surface area contributed by atoms with Gasteiger partial charge in [0.2, 0.25) is 0 Å². The van der Waals surface area contributed by atoms with Crippen LogP contribution in [0.15, 0.2) is 29.8 Å². The summed E-state index contributed by atoms with van der Waals surface area (Å²) in [5.74, 6) is 0. The van der Waals surface area contributed by atoms with Crippen LogP contribution in [0.5, 0.6) is 0 Å². The molecule has 0 saturated carbocycles. The molecule has 90 valence electrons. The van der Waals surface area contributed by atoms with Gasteiger partial charge in [-0.3, -0.25) is 0 Å². The van der Waals surface area contributed by atoms with Crippen molar-refractivity contribution in [1.82, 2.24) is 4.90 Å². The van der Waals surface area contributed by atoms with Gasteiger partial charge in [0.25, 0.3) is 0 Å². The summed E-state index contributed by atoms with van der Waals surface area (Å²) in [7, 11) is 0. The Morgan fingerprint density at radius 1 is 1.18 bits per heavy atom. The van der Waals surface area contributed by atoms with E-state index in [1.165, 1.54) is 16.8 Å². The first-order chi connectivity index (χ1) is 8.40. The van der Waals surface area contributed by atoms with E-state index in [2.05, 4.69) is 36.1 Å². The normalized spacial score (nSPS) is 19.7. The molecular weight excluding hydrogens is 210 g/mol. The van der Waals surface area contributed by atoms with E-state index in [0.29, 0.717) is 0 Å². The molecule has 1 aliphatic carbocycles. The lowest BCUT2D eigenvalue weighted by molar-refractivity contribution is 0.0638. The molecule has 0 bridgehead atoms. The van der Waals surface area contributed by atoms with E-state index in [-0.39, 0.29) is 0 Å². The molecule has 0 aromatic heterocycles. The second-order valence-electron chi connectivity index (χ2n) is 4.74. The number of rotatable bonds is 2. The van der Waals surface area contributed by atoms with E-state index in [1.807, 2.05) is 0 Å². The standard InChI is InChI=1S/C15H19NO/c1-2-12-11-13-5-3-4-6-14(13)15(12)16-7-9-17-10-8-16/h3-6H,2,7-11H2,1H3. The Hall–Kier alpha value is -1.28. The molecular formula is C15H19NO. The van der Waals surface area contributed by atoms with Crippen LogP contribution in [0.1, 0.15) is 24.5 Å². The van der Waals surface area contributed by atoms with Crippen LogP contribution in [-0.2, 0) is 11.2 Å². The van der Waals surface area contributed by atoms with E-state index in [1.54, 1.807) is 5.57 Å². The highest BCUT2D eigenvalue weighted by Crippen LogP contribution is 2.36. The summed E-state index contributed by atoms with van der Waals surface area (Å²) >= 11 is 0. The first kappa shape index (κ1) is 10.8. The molecule has 0 atom stereocenters. The Morgan fingerprint density at radius 2 is 1.94 bits per heavy atom. The zero-order valence-electron chi connectivity index (χ0n) is 10.4. The highest BCUT2D eigenvalue weighted by atomic mass is 16.5. The zero-order chi connectivity index (χ0) is 11.7. The molecule has 2 heteroatoms. The van der Waals surface area contributed by atoms with Crippen LogP contribution in [0.4, 0.5) is 0 Å². The summed E-state index contributed by atoms with van der Waals surface area (Å²) in [6.45, 7) is 6.06. The van der Waals surface area contributed by atoms with Gasteiger partial charge in [-0.1, -0.05) is 31.2 Å². The van der Waals surface area contributed by atoms with Crippen molar-refractivity contribution in [2.75, 3.05) is 26.3 Å². The third kappa shape index (κ3) is 1.87. The van der Waals surface area contributed by atoms with Crippen molar-refractivity contribution in [2.24, 2.45) is 0 Å².